The second-order valence-corrected chi connectivity index (χ2v) is 7.53. The van der Waals surface area contributed by atoms with Crippen LogP contribution < -0.4 is 11.0 Å². The van der Waals surface area contributed by atoms with Crippen molar-refractivity contribution in [3.63, 3.8) is 0 Å². The lowest BCUT2D eigenvalue weighted by Crippen LogP contribution is -2.40. The van der Waals surface area contributed by atoms with Crippen LogP contribution in [0, 0.1) is 5.92 Å². The van der Waals surface area contributed by atoms with Gasteiger partial charge in [0.15, 0.2) is 5.82 Å². The number of hydrogen-bond donors (Lipinski definition) is 1. The van der Waals surface area contributed by atoms with Crippen molar-refractivity contribution in [3.05, 3.63) is 16.3 Å². The summed E-state index contributed by atoms with van der Waals surface area (Å²) in [5.41, 5.74) is -1.05. The zero-order valence-corrected chi connectivity index (χ0v) is 15.8. The molecule has 2 aliphatic heterocycles. The molecule has 0 radical (unpaired) electrons. The van der Waals surface area contributed by atoms with Gasteiger partial charge in [0.25, 0.3) is 5.91 Å². The van der Waals surface area contributed by atoms with E-state index < -0.39 is 5.54 Å². The lowest BCUT2D eigenvalue weighted by atomic mass is 10.0. The highest BCUT2D eigenvalue weighted by molar-refractivity contribution is 6.06. The van der Waals surface area contributed by atoms with Crippen LogP contribution in [-0.4, -0.2) is 49.9 Å². The largest absolute Gasteiger partial charge is 0.370 e. The van der Waals surface area contributed by atoms with Crippen molar-refractivity contribution in [1.29, 1.82) is 0 Å². The third kappa shape index (κ3) is 3.15. The first kappa shape index (κ1) is 18.6. The first-order valence-electron chi connectivity index (χ1n) is 9.19. The highest BCUT2D eigenvalue weighted by atomic mass is 16.5. The minimum atomic E-state index is -0.874. The molecule has 0 aromatic carbocycles. The summed E-state index contributed by atoms with van der Waals surface area (Å²) >= 11 is 0. The van der Waals surface area contributed by atoms with Gasteiger partial charge in [-0.25, -0.2) is 14.3 Å². The first-order chi connectivity index (χ1) is 12.3. The standard InChI is InChI=1S/C17H27N5O4/c1-5-20-13(12-11(2)7-10-26-12)19-22(16(20)25)9-6-8-21-14(23)17(3,4)18-15(21)24/h11-12H,5-10H2,1-4H3,(H,18,24)/t11-,12+/m1/s1. The average molecular weight is 365 g/mol. The van der Waals surface area contributed by atoms with E-state index in [1.165, 1.54) is 9.58 Å². The number of ether oxygens (including phenoxy) is 1. The molecule has 26 heavy (non-hydrogen) atoms. The van der Waals surface area contributed by atoms with Gasteiger partial charge in [0.05, 0.1) is 0 Å². The molecule has 1 aromatic heterocycles. The molecule has 9 heteroatoms. The number of amides is 3. The SMILES string of the molecule is CCn1c([C@H]2OCC[C@H]2C)nn(CCCN2C(=O)NC(C)(C)C2=O)c1=O. The summed E-state index contributed by atoms with van der Waals surface area (Å²) in [5.74, 6) is 0.741. The van der Waals surface area contributed by atoms with Gasteiger partial charge in [-0.05, 0) is 39.5 Å². The van der Waals surface area contributed by atoms with Crippen molar-refractivity contribution in [2.24, 2.45) is 5.92 Å². The molecule has 1 aromatic rings. The zero-order valence-electron chi connectivity index (χ0n) is 15.8. The number of carbonyl (C=O) groups excluding carboxylic acids is 2. The van der Waals surface area contributed by atoms with E-state index in [1.807, 2.05) is 6.92 Å². The van der Waals surface area contributed by atoms with E-state index in [4.69, 9.17) is 4.74 Å². The fourth-order valence-corrected chi connectivity index (χ4v) is 3.54. The van der Waals surface area contributed by atoms with E-state index in [2.05, 4.69) is 17.3 Å². The molecule has 3 heterocycles. The summed E-state index contributed by atoms with van der Waals surface area (Å²) in [5, 5.41) is 7.13. The number of hydrogen-bond acceptors (Lipinski definition) is 5. The van der Waals surface area contributed by atoms with Crippen molar-refractivity contribution in [3.8, 4) is 0 Å². The number of nitrogens with one attached hydrogen (secondary N) is 1. The number of imide groups is 1. The minimum absolute atomic E-state index is 0.157. The van der Waals surface area contributed by atoms with Crippen LogP contribution in [-0.2, 0) is 22.6 Å². The lowest BCUT2D eigenvalue weighted by Gasteiger charge is -2.15. The molecule has 1 N–H and O–H groups in total. The van der Waals surface area contributed by atoms with Crippen LogP contribution in [0.4, 0.5) is 4.79 Å². The van der Waals surface area contributed by atoms with Crippen LogP contribution >= 0.6 is 0 Å². The number of nitrogens with zero attached hydrogens (tertiary/aromatic N) is 4. The van der Waals surface area contributed by atoms with E-state index in [9.17, 15) is 14.4 Å². The normalized spacial score (nSPS) is 25.2. The number of rotatable bonds is 6. The van der Waals surface area contributed by atoms with Gasteiger partial charge in [0, 0.05) is 26.2 Å². The number of carbonyl (C=O) groups is 2. The average Bonchev–Trinajstić information content (AvgIpc) is 3.18. The van der Waals surface area contributed by atoms with Crippen molar-refractivity contribution in [2.45, 2.75) is 65.3 Å². The Kier molecular flexibility index (Phi) is 4.92. The predicted molar refractivity (Wildman–Crippen MR) is 93.6 cm³/mol. The number of aromatic nitrogens is 3. The maximum atomic E-state index is 12.6. The van der Waals surface area contributed by atoms with Crippen LogP contribution in [0.1, 0.15) is 52.5 Å². The van der Waals surface area contributed by atoms with E-state index in [0.717, 1.165) is 6.42 Å². The second kappa shape index (κ2) is 6.86. The van der Waals surface area contributed by atoms with Gasteiger partial charge >= 0.3 is 11.7 Å². The molecule has 0 bridgehead atoms. The van der Waals surface area contributed by atoms with E-state index >= 15 is 0 Å². The Bertz CT molecular complexity index is 766. The van der Waals surface area contributed by atoms with Crippen molar-refractivity contribution < 1.29 is 14.3 Å². The zero-order chi connectivity index (χ0) is 19.1. The van der Waals surface area contributed by atoms with Crippen molar-refractivity contribution in [1.82, 2.24) is 24.6 Å². The molecule has 2 atom stereocenters. The first-order valence-corrected chi connectivity index (χ1v) is 9.19. The third-order valence-corrected chi connectivity index (χ3v) is 5.11. The van der Waals surface area contributed by atoms with Gasteiger partial charge in [0.2, 0.25) is 0 Å². The van der Waals surface area contributed by atoms with Crippen molar-refractivity contribution in [2.75, 3.05) is 13.2 Å². The fraction of sp³-hybridized carbons (Fsp3) is 0.765. The Balaban J connectivity index is 1.69. The maximum absolute atomic E-state index is 12.6. The van der Waals surface area contributed by atoms with Gasteiger partial charge in [-0.1, -0.05) is 6.92 Å². The molecular formula is C17H27N5O4. The maximum Gasteiger partial charge on any atom is 0.345 e. The predicted octanol–water partition coefficient (Wildman–Crippen LogP) is 0.883. The minimum Gasteiger partial charge on any atom is -0.370 e. The third-order valence-electron chi connectivity index (χ3n) is 5.11. The van der Waals surface area contributed by atoms with Crippen LogP contribution in [0.5, 0.6) is 0 Å². The number of aryl methyl sites for hydroxylation is 1. The summed E-state index contributed by atoms with van der Waals surface area (Å²) in [6.45, 7) is 9.17. The molecule has 9 nitrogen and oxygen atoms in total. The Morgan fingerprint density at radius 3 is 2.54 bits per heavy atom. The van der Waals surface area contributed by atoms with Crippen molar-refractivity contribution >= 4 is 11.9 Å². The Hall–Kier alpha value is -2.16. The summed E-state index contributed by atoms with van der Waals surface area (Å²) in [4.78, 5) is 37.9. The molecule has 0 saturated carbocycles. The van der Waals surface area contributed by atoms with Crippen LogP contribution in [0.3, 0.4) is 0 Å². The summed E-state index contributed by atoms with van der Waals surface area (Å²) < 4.78 is 8.81. The molecule has 0 aliphatic carbocycles. The molecular weight excluding hydrogens is 338 g/mol. The summed E-state index contributed by atoms with van der Waals surface area (Å²) in [7, 11) is 0. The van der Waals surface area contributed by atoms with Crippen LogP contribution in [0.2, 0.25) is 0 Å². The van der Waals surface area contributed by atoms with E-state index in [0.29, 0.717) is 37.9 Å². The lowest BCUT2D eigenvalue weighted by molar-refractivity contribution is -0.130. The van der Waals surface area contributed by atoms with Gasteiger partial charge < -0.3 is 10.1 Å². The van der Waals surface area contributed by atoms with Gasteiger partial charge in [0.1, 0.15) is 11.6 Å². The highest BCUT2D eigenvalue weighted by Crippen LogP contribution is 2.32. The Morgan fingerprint density at radius 1 is 1.27 bits per heavy atom. The van der Waals surface area contributed by atoms with Gasteiger partial charge in [-0.3, -0.25) is 14.3 Å². The highest BCUT2D eigenvalue weighted by Gasteiger charge is 2.43. The van der Waals surface area contributed by atoms with Gasteiger partial charge in [-0.2, -0.15) is 5.10 Å². The molecule has 2 aliphatic rings. The van der Waals surface area contributed by atoms with E-state index in [1.54, 1.807) is 18.4 Å². The Labute approximate surface area is 152 Å². The summed E-state index contributed by atoms with van der Waals surface area (Å²) in [6.07, 6.45) is 1.27. The molecule has 144 valence electrons. The Morgan fingerprint density at radius 2 is 2.00 bits per heavy atom. The summed E-state index contributed by atoms with van der Waals surface area (Å²) in [6, 6.07) is -0.389. The second-order valence-electron chi connectivity index (χ2n) is 7.53. The quantitative estimate of drug-likeness (QED) is 0.755. The smallest absolute Gasteiger partial charge is 0.345 e. The monoisotopic (exact) mass is 365 g/mol. The molecule has 2 saturated heterocycles. The van der Waals surface area contributed by atoms with Crippen LogP contribution in [0.25, 0.3) is 0 Å². The number of urea groups is 1. The van der Waals surface area contributed by atoms with E-state index in [-0.39, 0.29) is 30.3 Å². The van der Waals surface area contributed by atoms with Gasteiger partial charge in [-0.15, -0.1) is 0 Å². The molecule has 3 rings (SSSR count). The fourth-order valence-electron chi connectivity index (χ4n) is 3.54. The molecule has 0 spiro atoms. The van der Waals surface area contributed by atoms with Crippen LogP contribution in [0.15, 0.2) is 4.79 Å². The molecule has 0 unspecified atom stereocenters. The molecule has 2 fully saturated rings. The topological polar surface area (TPSA) is 98.5 Å². The molecule has 3 amide bonds.